The first kappa shape index (κ1) is 11.7. The fraction of sp³-hybridized carbons (Fsp3) is 0.615. The molecule has 16 heavy (non-hydrogen) atoms. The highest BCUT2D eigenvalue weighted by Gasteiger charge is 2.23. The van der Waals surface area contributed by atoms with E-state index in [4.69, 9.17) is 11.6 Å². The Bertz CT molecular complexity index is 354. The van der Waals surface area contributed by atoms with Gasteiger partial charge >= 0.3 is 0 Å². The van der Waals surface area contributed by atoms with Crippen LogP contribution in [0.25, 0.3) is 0 Å². The van der Waals surface area contributed by atoms with Crippen molar-refractivity contribution in [1.29, 1.82) is 0 Å². The summed E-state index contributed by atoms with van der Waals surface area (Å²) in [4.78, 5) is 6.64. The summed E-state index contributed by atoms with van der Waals surface area (Å²) in [7, 11) is 2.13. The van der Waals surface area contributed by atoms with Gasteiger partial charge in [0.1, 0.15) is 11.0 Å². The van der Waals surface area contributed by atoms with E-state index < -0.39 is 0 Å². The minimum atomic E-state index is 0.577. The van der Waals surface area contributed by atoms with Crippen molar-refractivity contribution < 1.29 is 0 Å². The Morgan fingerprint density at radius 1 is 1.38 bits per heavy atom. The summed E-state index contributed by atoms with van der Waals surface area (Å²) in [5.74, 6) is 1.83. The maximum absolute atomic E-state index is 5.92. The summed E-state index contributed by atoms with van der Waals surface area (Å²) in [6.07, 6.45) is 5.24. The van der Waals surface area contributed by atoms with Gasteiger partial charge in [0.25, 0.3) is 0 Å². The Labute approximate surface area is 103 Å². The summed E-state index contributed by atoms with van der Waals surface area (Å²) in [6, 6.07) is 6.44. The standard InChI is InChI=1S/C13H19ClN2/c1-10-5-3-6-11(9-10)16(2)13-8-4-7-12(14)15-13/h4,7-8,10-11H,3,5-6,9H2,1-2H3. The summed E-state index contributed by atoms with van der Waals surface area (Å²) < 4.78 is 0. The minimum Gasteiger partial charge on any atom is -0.357 e. The number of nitrogens with zero attached hydrogens (tertiary/aromatic N) is 2. The lowest BCUT2D eigenvalue weighted by molar-refractivity contribution is 0.335. The largest absolute Gasteiger partial charge is 0.357 e. The van der Waals surface area contributed by atoms with Crippen molar-refractivity contribution in [2.45, 2.75) is 38.6 Å². The fourth-order valence-corrected chi connectivity index (χ4v) is 2.69. The van der Waals surface area contributed by atoms with E-state index in [9.17, 15) is 0 Å². The zero-order valence-electron chi connectivity index (χ0n) is 9.99. The quantitative estimate of drug-likeness (QED) is 0.730. The highest BCUT2D eigenvalue weighted by Crippen LogP contribution is 2.29. The molecule has 0 aliphatic heterocycles. The third kappa shape index (κ3) is 2.67. The molecule has 1 aliphatic carbocycles. The highest BCUT2D eigenvalue weighted by atomic mass is 35.5. The maximum atomic E-state index is 5.92. The lowest BCUT2D eigenvalue weighted by Crippen LogP contribution is -2.36. The Morgan fingerprint density at radius 3 is 2.88 bits per heavy atom. The van der Waals surface area contributed by atoms with Crippen LogP contribution in [0.3, 0.4) is 0 Å². The Hall–Kier alpha value is -0.760. The number of rotatable bonds is 2. The Kier molecular flexibility index (Phi) is 3.70. The molecule has 0 bridgehead atoms. The predicted molar refractivity (Wildman–Crippen MR) is 69.1 cm³/mol. The monoisotopic (exact) mass is 238 g/mol. The fourth-order valence-electron chi connectivity index (χ4n) is 2.53. The zero-order chi connectivity index (χ0) is 11.5. The third-order valence-electron chi connectivity index (χ3n) is 3.52. The van der Waals surface area contributed by atoms with E-state index in [0.29, 0.717) is 11.2 Å². The summed E-state index contributed by atoms with van der Waals surface area (Å²) in [6.45, 7) is 2.34. The second-order valence-corrected chi connectivity index (χ2v) is 5.24. The van der Waals surface area contributed by atoms with E-state index in [-0.39, 0.29) is 0 Å². The number of hydrogen-bond donors (Lipinski definition) is 0. The first-order chi connectivity index (χ1) is 7.66. The van der Waals surface area contributed by atoms with Gasteiger partial charge in [-0.3, -0.25) is 0 Å². The topological polar surface area (TPSA) is 16.1 Å². The zero-order valence-corrected chi connectivity index (χ0v) is 10.7. The maximum Gasteiger partial charge on any atom is 0.131 e. The van der Waals surface area contributed by atoms with Crippen LogP contribution in [0.1, 0.15) is 32.6 Å². The van der Waals surface area contributed by atoms with E-state index in [1.807, 2.05) is 18.2 Å². The lowest BCUT2D eigenvalue weighted by atomic mass is 9.86. The van der Waals surface area contributed by atoms with Crippen molar-refractivity contribution >= 4 is 17.4 Å². The van der Waals surface area contributed by atoms with Crippen LogP contribution in [0.15, 0.2) is 18.2 Å². The van der Waals surface area contributed by atoms with Gasteiger partial charge in [0.05, 0.1) is 0 Å². The van der Waals surface area contributed by atoms with E-state index in [2.05, 4.69) is 23.9 Å². The first-order valence-electron chi connectivity index (χ1n) is 6.02. The second kappa shape index (κ2) is 5.05. The van der Waals surface area contributed by atoms with Crippen LogP contribution >= 0.6 is 11.6 Å². The van der Waals surface area contributed by atoms with Crippen molar-refractivity contribution in [3.8, 4) is 0 Å². The predicted octanol–water partition coefficient (Wildman–Crippen LogP) is 3.75. The van der Waals surface area contributed by atoms with Gasteiger partial charge in [-0.25, -0.2) is 4.98 Å². The summed E-state index contributed by atoms with van der Waals surface area (Å²) in [5, 5.41) is 0.577. The molecule has 1 aromatic heterocycles. The molecule has 88 valence electrons. The number of anilines is 1. The van der Waals surface area contributed by atoms with Gasteiger partial charge in [-0.05, 0) is 30.9 Å². The molecule has 2 unspecified atom stereocenters. The molecule has 1 heterocycles. The normalized spacial score (nSPS) is 25.4. The van der Waals surface area contributed by atoms with Crippen molar-refractivity contribution in [3.05, 3.63) is 23.4 Å². The van der Waals surface area contributed by atoms with Crippen LogP contribution in [0, 0.1) is 5.92 Å². The van der Waals surface area contributed by atoms with E-state index in [0.717, 1.165) is 11.7 Å². The van der Waals surface area contributed by atoms with Crippen LogP contribution in [0.2, 0.25) is 5.15 Å². The highest BCUT2D eigenvalue weighted by molar-refractivity contribution is 6.29. The van der Waals surface area contributed by atoms with Gasteiger partial charge in [0, 0.05) is 13.1 Å². The van der Waals surface area contributed by atoms with Crippen molar-refractivity contribution in [3.63, 3.8) is 0 Å². The molecule has 0 radical (unpaired) electrons. The molecule has 0 spiro atoms. The Morgan fingerprint density at radius 2 is 2.19 bits per heavy atom. The molecule has 0 aromatic carbocycles. The summed E-state index contributed by atoms with van der Waals surface area (Å²) >= 11 is 5.92. The summed E-state index contributed by atoms with van der Waals surface area (Å²) in [5.41, 5.74) is 0. The van der Waals surface area contributed by atoms with Crippen molar-refractivity contribution in [2.24, 2.45) is 5.92 Å². The number of hydrogen-bond acceptors (Lipinski definition) is 2. The third-order valence-corrected chi connectivity index (χ3v) is 3.73. The van der Waals surface area contributed by atoms with Crippen LogP contribution in [-0.4, -0.2) is 18.1 Å². The average Bonchev–Trinajstić information content (AvgIpc) is 2.28. The first-order valence-corrected chi connectivity index (χ1v) is 6.40. The van der Waals surface area contributed by atoms with Gasteiger partial charge in [-0.15, -0.1) is 0 Å². The molecule has 2 rings (SSSR count). The second-order valence-electron chi connectivity index (χ2n) is 4.86. The molecular formula is C13H19ClN2. The van der Waals surface area contributed by atoms with E-state index in [1.165, 1.54) is 25.7 Å². The van der Waals surface area contributed by atoms with Gasteiger partial charge in [0.2, 0.25) is 0 Å². The molecule has 3 heteroatoms. The number of halogens is 1. The van der Waals surface area contributed by atoms with E-state index >= 15 is 0 Å². The van der Waals surface area contributed by atoms with Crippen LogP contribution in [0.4, 0.5) is 5.82 Å². The van der Waals surface area contributed by atoms with Crippen molar-refractivity contribution in [1.82, 2.24) is 4.98 Å². The average molecular weight is 239 g/mol. The molecule has 2 atom stereocenters. The molecule has 0 saturated heterocycles. The van der Waals surface area contributed by atoms with Gasteiger partial charge in [-0.2, -0.15) is 0 Å². The van der Waals surface area contributed by atoms with Crippen LogP contribution < -0.4 is 4.90 Å². The van der Waals surface area contributed by atoms with Crippen LogP contribution in [0.5, 0.6) is 0 Å². The van der Waals surface area contributed by atoms with Gasteiger partial charge in [-0.1, -0.05) is 37.4 Å². The molecule has 1 fully saturated rings. The van der Waals surface area contributed by atoms with Crippen LogP contribution in [-0.2, 0) is 0 Å². The number of aromatic nitrogens is 1. The smallest absolute Gasteiger partial charge is 0.131 e. The number of pyridine rings is 1. The Balaban J connectivity index is 2.09. The molecule has 1 saturated carbocycles. The molecule has 0 N–H and O–H groups in total. The van der Waals surface area contributed by atoms with Gasteiger partial charge < -0.3 is 4.90 Å². The molecule has 1 aliphatic rings. The SMILES string of the molecule is CC1CCCC(N(C)c2cccc(Cl)n2)C1. The van der Waals surface area contributed by atoms with Gasteiger partial charge in [0.15, 0.2) is 0 Å². The van der Waals surface area contributed by atoms with Crippen molar-refractivity contribution in [2.75, 3.05) is 11.9 Å². The molecular weight excluding hydrogens is 220 g/mol. The minimum absolute atomic E-state index is 0.577. The molecule has 1 aromatic rings. The molecule has 2 nitrogen and oxygen atoms in total. The lowest BCUT2D eigenvalue weighted by Gasteiger charge is -2.34. The van der Waals surface area contributed by atoms with E-state index in [1.54, 1.807) is 0 Å². The molecule has 0 amide bonds.